The van der Waals surface area contributed by atoms with Gasteiger partial charge in [-0.1, -0.05) is 0 Å². The van der Waals surface area contributed by atoms with Crippen LogP contribution in [-0.4, -0.2) is 17.6 Å². The van der Waals surface area contributed by atoms with E-state index in [0.717, 1.165) is 11.3 Å². The Balaban J connectivity index is 2.57. The minimum Gasteiger partial charge on any atom is -0.466 e. The molecule has 1 heterocycles. The van der Waals surface area contributed by atoms with Crippen molar-refractivity contribution in [3.8, 4) is 0 Å². The molecular formula is C11H16N2O2. The van der Waals surface area contributed by atoms with E-state index in [0.29, 0.717) is 25.1 Å². The number of rotatable bonds is 4. The molecule has 0 aliphatic heterocycles. The maximum atomic E-state index is 11.1. The Morgan fingerprint density at radius 2 is 2.33 bits per heavy atom. The minimum absolute atomic E-state index is 0.181. The second kappa shape index (κ2) is 5.34. The smallest absolute Gasteiger partial charge is 0.306 e. The number of anilines is 1. The zero-order valence-electron chi connectivity index (χ0n) is 9.12. The third kappa shape index (κ3) is 3.58. The third-order valence-corrected chi connectivity index (χ3v) is 2.12. The van der Waals surface area contributed by atoms with E-state index in [-0.39, 0.29) is 5.97 Å². The van der Waals surface area contributed by atoms with Crippen molar-refractivity contribution in [2.24, 2.45) is 0 Å². The number of carbonyl (C=O) groups is 1. The highest BCUT2D eigenvalue weighted by molar-refractivity contribution is 5.69. The van der Waals surface area contributed by atoms with Gasteiger partial charge in [0.15, 0.2) is 0 Å². The molecule has 0 amide bonds. The fourth-order valence-corrected chi connectivity index (χ4v) is 1.32. The summed E-state index contributed by atoms with van der Waals surface area (Å²) >= 11 is 0. The van der Waals surface area contributed by atoms with Crippen LogP contribution in [0.15, 0.2) is 12.3 Å². The second-order valence-electron chi connectivity index (χ2n) is 3.32. The molecule has 1 aromatic heterocycles. The van der Waals surface area contributed by atoms with E-state index in [1.807, 2.05) is 13.0 Å². The molecule has 0 saturated carbocycles. The molecule has 0 unspecified atom stereocenters. The van der Waals surface area contributed by atoms with Gasteiger partial charge in [-0.25, -0.2) is 0 Å². The second-order valence-corrected chi connectivity index (χ2v) is 3.32. The van der Waals surface area contributed by atoms with Crippen molar-refractivity contribution < 1.29 is 9.53 Å². The molecule has 0 atom stereocenters. The largest absolute Gasteiger partial charge is 0.466 e. The van der Waals surface area contributed by atoms with E-state index in [9.17, 15) is 4.79 Å². The number of pyridine rings is 1. The van der Waals surface area contributed by atoms with E-state index in [4.69, 9.17) is 10.5 Å². The lowest BCUT2D eigenvalue weighted by Crippen LogP contribution is -2.06. The number of nitrogens with two attached hydrogens (primary N) is 1. The van der Waals surface area contributed by atoms with E-state index in [1.54, 1.807) is 13.1 Å². The molecule has 0 saturated heterocycles. The number of aromatic nitrogens is 1. The topological polar surface area (TPSA) is 65.2 Å². The van der Waals surface area contributed by atoms with Crippen LogP contribution < -0.4 is 5.73 Å². The number of carbonyl (C=O) groups excluding carboxylic acids is 1. The van der Waals surface area contributed by atoms with Crippen LogP contribution in [0.5, 0.6) is 0 Å². The number of hydrogen-bond acceptors (Lipinski definition) is 4. The molecule has 0 aliphatic carbocycles. The summed E-state index contributed by atoms with van der Waals surface area (Å²) in [5.41, 5.74) is 8.15. The molecule has 15 heavy (non-hydrogen) atoms. The number of ether oxygens (including phenoxy) is 1. The first-order valence-electron chi connectivity index (χ1n) is 5.00. The van der Waals surface area contributed by atoms with Crippen molar-refractivity contribution in [2.75, 3.05) is 12.3 Å². The van der Waals surface area contributed by atoms with Gasteiger partial charge in [0.2, 0.25) is 0 Å². The Morgan fingerprint density at radius 1 is 1.60 bits per heavy atom. The summed E-state index contributed by atoms with van der Waals surface area (Å²) < 4.78 is 4.84. The molecule has 2 N–H and O–H groups in total. The standard InChI is InChI=1S/C11H16N2O2/c1-3-15-11(14)5-4-9-6-10(12)7-13-8(9)2/h6-7H,3-5,12H2,1-2H3. The summed E-state index contributed by atoms with van der Waals surface area (Å²) in [5, 5.41) is 0. The zero-order valence-corrected chi connectivity index (χ0v) is 9.12. The van der Waals surface area contributed by atoms with Gasteiger partial charge >= 0.3 is 5.97 Å². The zero-order chi connectivity index (χ0) is 11.3. The van der Waals surface area contributed by atoms with Crippen molar-refractivity contribution in [3.05, 3.63) is 23.5 Å². The third-order valence-electron chi connectivity index (χ3n) is 2.12. The Labute approximate surface area is 89.5 Å². The van der Waals surface area contributed by atoms with Gasteiger partial charge in [0.25, 0.3) is 0 Å². The molecule has 4 nitrogen and oxygen atoms in total. The molecule has 1 rings (SSSR count). The van der Waals surface area contributed by atoms with Crippen molar-refractivity contribution in [1.29, 1.82) is 0 Å². The fourth-order valence-electron chi connectivity index (χ4n) is 1.32. The monoisotopic (exact) mass is 208 g/mol. The predicted octanol–water partition coefficient (Wildman–Crippen LogP) is 1.47. The highest BCUT2D eigenvalue weighted by Crippen LogP contribution is 2.11. The highest BCUT2D eigenvalue weighted by Gasteiger charge is 2.05. The maximum absolute atomic E-state index is 11.1. The fraction of sp³-hybridized carbons (Fsp3) is 0.455. The van der Waals surface area contributed by atoms with Crippen LogP contribution in [0.2, 0.25) is 0 Å². The Hall–Kier alpha value is -1.58. The van der Waals surface area contributed by atoms with Crippen LogP contribution in [-0.2, 0) is 16.0 Å². The Morgan fingerprint density at radius 3 is 3.00 bits per heavy atom. The molecule has 4 heteroatoms. The Bertz CT molecular complexity index is 350. The summed E-state index contributed by atoms with van der Waals surface area (Å²) in [4.78, 5) is 15.3. The molecule has 0 fully saturated rings. The molecule has 1 aromatic rings. The lowest BCUT2D eigenvalue weighted by Gasteiger charge is -2.05. The van der Waals surface area contributed by atoms with Gasteiger partial charge in [-0.2, -0.15) is 0 Å². The highest BCUT2D eigenvalue weighted by atomic mass is 16.5. The molecular weight excluding hydrogens is 192 g/mol. The van der Waals surface area contributed by atoms with E-state index >= 15 is 0 Å². The van der Waals surface area contributed by atoms with Gasteiger partial charge in [0.1, 0.15) is 0 Å². The number of aryl methyl sites for hydroxylation is 2. The van der Waals surface area contributed by atoms with Gasteiger partial charge in [-0.05, 0) is 31.9 Å². The summed E-state index contributed by atoms with van der Waals surface area (Å²) in [6, 6.07) is 1.85. The summed E-state index contributed by atoms with van der Waals surface area (Å²) in [5.74, 6) is -0.181. The van der Waals surface area contributed by atoms with E-state index in [1.165, 1.54) is 0 Å². The Kier molecular flexibility index (Phi) is 4.09. The minimum atomic E-state index is -0.181. The van der Waals surface area contributed by atoms with Crippen LogP contribution in [0, 0.1) is 6.92 Å². The average molecular weight is 208 g/mol. The summed E-state index contributed by atoms with van der Waals surface area (Å²) in [6.45, 7) is 4.12. The van der Waals surface area contributed by atoms with Crippen LogP contribution >= 0.6 is 0 Å². The molecule has 0 radical (unpaired) electrons. The molecule has 0 spiro atoms. The maximum Gasteiger partial charge on any atom is 0.306 e. The van der Waals surface area contributed by atoms with Crippen molar-refractivity contribution in [1.82, 2.24) is 4.98 Å². The van der Waals surface area contributed by atoms with E-state index < -0.39 is 0 Å². The lowest BCUT2D eigenvalue weighted by molar-refractivity contribution is -0.143. The molecule has 0 aliphatic rings. The SMILES string of the molecule is CCOC(=O)CCc1cc(N)cnc1C. The summed E-state index contributed by atoms with van der Waals surface area (Å²) in [6.07, 6.45) is 2.62. The van der Waals surface area contributed by atoms with E-state index in [2.05, 4.69) is 4.98 Å². The van der Waals surface area contributed by atoms with Crippen LogP contribution in [0.3, 0.4) is 0 Å². The number of nitrogen functional groups attached to an aromatic ring is 1. The summed E-state index contributed by atoms with van der Waals surface area (Å²) in [7, 11) is 0. The van der Waals surface area contributed by atoms with Gasteiger partial charge < -0.3 is 10.5 Å². The molecule has 82 valence electrons. The average Bonchev–Trinajstić information content (AvgIpc) is 2.20. The number of hydrogen-bond donors (Lipinski definition) is 1. The van der Waals surface area contributed by atoms with Gasteiger partial charge in [0.05, 0.1) is 18.5 Å². The lowest BCUT2D eigenvalue weighted by atomic mass is 10.1. The first kappa shape index (κ1) is 11.5. The first-order valence-corrected chi connectivity index (χ1v) is 5.00. The molecule has 0 bridgehead atoms. The quantitative estimate of drug-likeness (QED) is 0.761. The van der Waals surface area contributed by atoms with Crippen molar-refractivity contribution >= 4 is 11.7 Å². The van der Waals surface area contributed by atoms with Crippen LogP contribution in [0.4, 0.5) is 5.69 Å². The van der Waals surface area contributed by atoms with Crippen molar-refractivity contribution in [2.45, 2.75) is 26.7 Å². The number of esters is 1. The normalized spacial score (nSPS) is 10.0. The molecule has 0 aromatic carbocycles. The number of nitrogens with zero attached hydrogens (tertiary/aromatic N) is 1. The van der Waals surface area contributed by atoms with Gasteiger partial charge in [0, 0.05) is 12.1 Å². The first-order chi connectivity index (χ1) is 7.13. The van der Waals surface area contributed by atoms with Gasteiger partial charge in [-0.15, -0.1) is 0 Å². The predicted molar refractivity (Wildman–Crippen MR) is 58.3 cm³/mol. The van der Waals surface area contributed by atoms with Crippen LogP contribution in [0.1, 0.15) is 24.6 Å². The van der Waals surface area contributed by atoms with Gasteiger partial charge in [-0.3, -0.25) is 9.78 Å². The van der Waals surface area contributed by atoms with Crippen LogP contribution in [0.25, 0.3) is 0 Å². The van der Waals surface area contributed by atoms with Crippen molar-refractivity contribution in [3.63, 3.8) is 0 Å².